The molecule has 0 unspecified atom stereocenters. The summed E-state index contributed by atoms with van der Waals surface area (Å²) in [4.78, 5) is 4.73. The quantitative estimate of drug-likeness (QED) is 0.397. The molecule has 0 aliphatic carbocycles. The van der Waals surface area contributed by atoms with Crippen LogP contribution in [0.4, 0.5) is 11.5 Å². The van der Waals surface area contributed by atoms with Gasteiger partial charge in [-0.25, -0.2) is 13.4 Å². The third-order valence-corrected chi connectivity index (χ3v) is 7.16. The second-order valence-corrected chi connectivity index (χ2v) is 9.81. The van der Waals surface area contributed by atoms with E-state index in [0.717, 1.165) is 22.2 Å². The maximum atomic E-state index is 13.3. The van der Waals surface area contributed by atoms with Crippen molar-refractivity contribution in [1.82, 2.24) is 19.8 Å². The lowest BCUT2D eigenvalue weighted by Crippen LogP contribution is -2.06. The molecule has 0 atom stereocenters. The molecule has 0 bridgehead atoms. The van der Waals surface area contributed by atoms with Crippen LogP contribution in [0, 0.1) is 13.8 Å². The molecule has 3 aromatic carbocycles. The van der Waals surface area contributed by atoms with Crippen LogP contribution in [0.3, 0.4) is 0 Å². The topological polar surface area (TPSA) is 89.2 Å². The van der Waals surface area contributed by atoms with Gasteiger partial charge in [0.25, 0.3) is 0 Å². The fraction of sp³-hybridized carbons (Fsp3) is 0.0870. The number of hydrogen-bond donors (Lipinski definition) is 1. The van der Waals surface area contributed by atoms with Gasteiger partial charge in [-0.1, -0.05) is 41.1 Å². The van der Waals surface area contributed by atoms with Gasteiger partial charge in [0.15, 0.2) is 5.65 Å². The van der Waals surface area contributed by atoms with E-state index < -0.39 is 9.84 Å². The van der Waals surface area contributed by atoms with Crippen LogP contribution in [0.1, 0.15) is 11.1 Å². The summed E-state index contributed by atoms with van der Waals surface area (Å²) < 4.78 is 28.1. The Hall–Kier alpha value is -3.49. The van der Waals surface area contributed by atoms with Crippen LogP contribution in [-0.4, -0.2) is 28.2 Å². The number of nitrogens with zero attached hydrogens (tertiary/aromatic N) is 4. The Morgan fingerprint density at radius 1 is 0.969 bits per heavy atom. The molecule has 0 amide bonds. The number of aromatic nitrogens is 4. The molecule has 5 aromatic rings. The van der Waals surface area contributed by atoms with E-state index in [2.05, 4.69) is 20.6 Å². The van der Waals surface area contributed by atoms with Crippen molar-refractivity contribution < 1.29 is 8.42 Å². The van der Waals surface area contributed by atoms with Crippen molar-refractivity contribution in [3.63, 3.8) is 0 Å². The first-order valence-electron chi connectivity index (χ1n) is 9.84. The van der Waals surface area contributed by atoms with Crippen LogP contribution < -0.4 is 5.32 Å². The Labute approximate surface area is 189 Å². The van der Waals surface area contributed by atoms with E-state index in [1.165, 1.54) is 28.8 Å². The van der Waals surface area contributed by atoms with Gasteiger partial charge in [-0.2, -0.15) is 4.52 Å². The first kappa shape index (κ1) is 20.4. The van der Waals surface area contributed by atoms with Crippen LogP contribution in [0.2, 0.25) is 5.02 Å². The average molecular weight is 464 g/mol. The second kappa shape index (κ2) is 7.58. The highest BCUT2D eigenvalue weighted by Gasteiger charge is 2.27. The third kappa shape index (κ3) is 3.37. The summed E-state index contributed by atoms with van der Waals surface area (Å²) in [6.45, 7) is 4.01. The third-order valence-electron chi connectivity index (χ3n) is 5.25. The van der Waals surface area contributed by atoms with Gasteiger partial charge < -0.3 is 5.32 Å². The Balaban J connectivity index is 1.75. The zero-order valence-electron chi connectivity index (χ0n) is 17.2. The Kier molecular flexibility index (Phi) is 4.83. The normalized spacial score (nSPS) is 11.8. The highest BCUT2D eigenvalue weighted by atomic mass is 35.5. The van der Waals surface area contributed by atoms with Crippen LogP contribution in [0.5, 0.6) is 0 Å². The average Bonchev–Trinajstić information content (AvgIpc) is 3.22. The fourth-order valence-corrected chi connectivity index (χ4v) is 4.90. The zero-order valence-corrected chi connectivity index (χ0v) is 18.8. The largest absolute Gasteiger partial charge is 0.339 e. The number of aryl methyl sites for hydroxylation is 2. The number of rotatable bonds is 4. The lowest BCUT2D eigenvalue weighted by Gasteiger charge is -2.13. The summed E-state index contributed by atoms with van der Waals surface area (Å²) in [5.74, 6) is 0.525. The summed E-state index contributed by atoms with van der Waals surface area (Å²) in [7, 11) is -3.96. The van der Waals surface area contributed by atoms with Crippen molar-refractivity contribution in [3.05, 3.63) is 82.9 Å². The second-order valence-electron chi connectivity index (χ2n) is 7.51. The predicted octanol–water partition coefficient (Wildman–Crippen LogP) is 5.12. The van der Waals surface area contributed by atoms with Crippen molar-refractivity contribution in [1.29, 1.82) is 0 Å². The number of nitrogens with one attached hydrogen (secondary N) is 1. The molecule has 5 rings (SSSR count). The molecule has 32 heavy (non-hydrogen) atoms. The molecule has 2 heterocycles. The summed E-state index contributed by atoms with van der Waals surface area (Å²) in [5, 5.41) is 12.5. The van der Waals surface area contributed by atoms with Gasteiger partial charge in [-0.3, -0.25) is 0 Å². The van der Waals surface area contributed by atoms with Crippen LogP contribution in [0.25, 0.3) is 16.6 Å². The van der Waals surface area contributed by atoms with Crippen molar-refractivity contribution in [2.75, 3.05) is 5.32 Å². The van der Waals surface area contributed by atoms with E-state index in [9.17, 15) is 8.42 Å². The van der Waals surface area contributed by atoms with E-state index in [1.54, 1.807) is 0 Å². The molecule has 0 fully saturated rings. The maximum Gasteiger partial charge on any atom is 0.229 e. The van der Waals surface area contributed by atoms with Gasteiger partial charge >= 0.3 is 0 Å². The van der Waals surface area contributed by atoms with E-state index >= 15 is 0 Å². The van der Waals surface area contributed by atoms with E-state index in [-0.39, 0.29) is 15.6 Å². The molecule has 160 valence electrons. The van der Waals surface area contributed by atoms with Gasteiger partial charge in [0.1, 0.15) is 5.82 Å². The number of sulfone groups is 1. The molecule has 7 nitrogen and oxygen atoms in total. The molecule has 1 N–H and O–H groups in total. The fourth-order valence-electron chi connectivity index (χ4n) is 3.54. The number of anilines is 2. The molecule has 0 spiro atoms. The van der Waals surface area contributed by atoms with Crippen molar-refractivity contribution in [2.45, 2.75) is 23.8 Å². The van der Waals surface area contributed by atoms with Gasteiger partial charge in [-0.05, 0) is 67.4 Å². The highest BCUT2D eigenvalue weighted by Crippen LogP contribution is 2.30. The minimum absolute atomic E-state index is 0.0725. The van der Waals surface area contributed by atoms with Crippen molar-refractivity contribution in [2.24, 2.45) is 0 Å². The molecule has 9 heteroatoms. The monoisotopic (exact) mass is 463 g/mol. The molecular weight excluding hydrogens is 446 g/mol. The minimum Gasteiger partial charge on any atom is -0.339 e. The molecule has 0 radical (unpaired) electrons. The van der Waals surface area contributed by atoms with Gasteiger partial charge in [0, 0.05) is 16.1 Å². The van der Waals surface area contributed by atoms with E-state index in [0.29, 0.717) is 16.4 Å². The Bertz CT molecular complexity index is 1590. The van der Waals surface area contributed by atoms with Crippen LogP contribution in [0.15, 0.2) is 76.7 Å². The maximum absolute atomic E-state index is 13.3. The molecular formula is C23H18ClN5O2S. The molecule has 0 aliphatic heterocycles. The van der Waals surface area contributed by atoms with Gasteiger partial charge in [0.05, 0.1) is 10.4 Å². The van der Waals surface area contributed by atoms with Crippen LogP contribution >= 0.6 is 11.6 Å². The van der Waals surface area contributed by atoms with E-state index in [1.807, 2.05) is 56.3 Å². The summed E-state index contributed by atoms with van der Waals surface area (Å²) in [6, 6.07) is 19.5. The van der Waals surface area contributed by atoms with Crippen molar-refractivity contribution >= 4 is 49.5 Å². The lowest BCUT2D eigenvalue weighted by molar-refractivity contribution is 0.592. The molecule has 2 aromatic heterocycles. The molecule has 0 saturated heterocycles. The first-order valence-corrected chi connectivity index (χ1v) is 11.7. The number of benzene rings is 3. The van der Waals surface area contributed by atoms with Crippen LogP contribution in [-0.2, 0) is 9.84 Å². The minimum atomic E-state index is -3.96. The predicted molar refractivity (Wildman–Crippen MR) is 124 cm³/mol. The highest BCUT2D eigenvalue weighted by molar-refractivity contribution is 7.91. The number of halogens is 1. The summed E-state index contributed by atoms with van der Waals surface area (Å²) in [5.41, 5.74) is 3.87. The number of para-hydroxylation sites is 1. The number of hydrogen-bond acceptors (Lipinski definition) is 6. The van der Waals surface area contributed by atoms with Crippen molar-refractivity contribution in [3.8, 4) is 0 Å². The first-order chi connectivity index (χ1) is 15.3. The standard InChI is InChI=1S/C23H18ClN5O2S/c1-14-7-8-15(2)19(13-14)25-21-18-5-3-4-6-20(18)29-22(26-21)23(27-28-29)32(30,31)17-11-9-16(24)10-12-17/h3-13H,1-2H3,(H,25,26). The number of fused-ring (bicyclic) bond motifs is 3. The smallest absolute Gasteiger partial charge is 0.229 e. The van der Waals surface area contributed by atoms with E-state index in [4.69, 9.17) is 11.6 Å². The molecule has 0 aliphatic rings. The van der Waals surface area contributed by atoms with Gasteiger partial charge in [-0.15, -0.1) is 5.10 Å². The zero-order chi connectivity index (χ0) is 22.5. The Morgan fingerprint density at radius 3 is 2.50 bits per heavy atom. The molecule has 0 saturated carbocycles. The summed E-state index contributed by atoms with van der Waals surface area (Å²) in [6.07, 6.45) is 0. The Morgan fingerprint density at radius 2 is 1.72 bits per heavy atom. The van der Waals surface area contributed by atoms with Gasteiger partial charge in [0.2, 0.25) is 14.9 Å². The summed E-state index contributed by atoms with van der Waals surface area (Å²) >= 11 is 5.92. The lowest BCUT2D eigenvalue weighted by atomic mass is 10.1. The SMILES string of the molecule is Cc1ccc(C)c(Nc2nc3c(S(=O)(=O)c4ccc(Cl)cc4)nnn3c3ccccc23)c1.